The maximum absolute atomic E-state index is 13.7. The Morgan fingerprint density at radius 2 is 1.09 bits per heavy atom. The predicted molar refractivity (Wildman–Crippen MR) is 131 cm³/mol. The van der Waals surface area contributed by atoms with Crippen LogP contribution < -0.4 is 10.6 Å². The van der Waals surface area contributed by atoms with Gasteiger partial charge in [-0.1, -0.05) is 24.3 Å². The van der Waals surface area contributed by atoms with Gasteiger partial charge in [-0.15, -0.1) is 0 Å². The van der Waals surface area contributed by atoms with Gasteiger partial charge >= 0.3 is 0 Å². The van der Waals surface area contributed by atoms with Gasteiger partial charge < -0.3 is 20.1 Å². The van der Waals surface area contributed by atoms with Crippen molar-refractivity contribution in [1.29, 1.82) is 0 Å². The van der Waals surface area contributed by atoms with Gasteiger partial charge in [0.25, 0.3) is 0 Å². The third-order valence-electron chi connectivity index (χ3n) is 6.77. The number of morpholine rings is 2. The van der Waals surface area contributed by atoms with Crippen LogP contribution in [0.25, 0.3) is 0 Å². The summed E-state index contributed by atoms with van der Waals surface area (Å²) in [7, 11) is 0. The van der Waals surface area contributed by atoms with Gasteiger partial charge in [-0.25, -0.2) is 0 Å². The predicted octanol–water partition coefficient (Wildman–Crippen LogP) is 1.95. The molecule has 0 saturated carbocycles. The highest BCUT2D eigenvalue weighted by Crippen LogP contribution is 2.35. The van der Waals surface area contributed by atoms with Crippen LogP contribution in [0.5, 0.6) is 0 Å². The summed E-state index contributed by atoms with van der Waals surface area (Å²) >= 11 is 0. The molecule has 0 atom stereocenters. The lowest BCUT2D eigenvalue weighted by Gasteiger charge is -2.28. The molecule has 2 saturated heterocycles. The molecule has 0 amide bonds. The second-order valence-electron chi connectivity index (χ2n) is 8.88. The van der Waals surface area contributed by atoms with E-state index in [-0.39, 0.29) is 11.6 Å². The molecule has 0 radical (unpaired) electrons. The summed E-state index contributed by atoms with van der Waals surface area (Å²) in [6.45, 7) is 9.80. The van der Waals surface area contributed by atoms with E-state index in [1.54, 1.807) is 12.1 Å². The average Bonchev–Trinajstić information content (AvgIpc) is 2.88. The zero-order chi connectivity index (χ0) is 23.3. The minimum atomic E-state index is -0.103. The molecule has 0 spiro atoms. The van der Waals surface area contributed by atoms with E-state index in [2.05, 4.69) is 20.4 Å². The lowest BCUT2D eigenvalue weighted by atomic mass is 9.82. The molecule has 180 valence electrons. The zero-order valence-electron chi connectivity index (χ0n) is 19.5. The molecule has 3 aliphatic rings. The standard InChI is InChI=1S/C26H32N4O4/c31-25-19-3-1-5-21(27-7-9-29-11-15-33-16-12-29)23(19)26(32)24-20(25)4-2-6-22(24)28-8-10-30-13-17-34-18-14-30/h1-6,27-28H,7-18H2. The monoisotopic (exact) mass is 464 g/mol. The second kappa shape index (κ2) is 10.7. The molecule has 0 bridgehead atoms. The number of carbonyl (C=O) groups excluding carboxylic acids is 2. The highest BCUT2D eigenvalue weighted by Gasteiger charge is 2.33. The highest BCUT2D eigenvalue weighted by atomic mass is 16.5. The molecule has 0 aromatic heterocycles. The van der Waals surface area contributed by atoms with Crippen LogP contribution in [0.1, 0.15) is 31.8 Å². The number of nitrogens with zero attached hydrogens (tertiary/aromatic N) is 2. The molecule has 2 N–H and O–H groups in total. The van der Waals surface area contributed by atoms with E-state index in [1.807, 2.05) is 24.3 Å². The largest absolute Gasteiger partial charge is 0.383 e. The summed E-state index contributed by atoms with van der Waals surface area (Å²) in [4.78, 5) is 31.8. The molecule has 1 aliphatic carbocycles. The molecule has 2 heterocycles. The van der Waals surface area contributed by atoms with Crippen LogP contribution in [0, 0.1) is 0 Å². The Labute approximate surface area is 200 Å². The number of nitrogens with one attached hydrogen (secondary N) is 2. The summed E-state index contributed by atoms with van der Waals surface area (Å²) in [6.07, 6.45) is 0. The average molecular weight is 465 g/mol. The summed E-state index contributed by atoms with van der Waals surface area (Å²) in [5.41, 5.74) is 3.34. The number of ether oxygens (including phenoxy) is 2. The fraction of sp³-hybridized carbons (Fsp3) is 0.462. The number of benzene rings is 2. The molecule has 2 aromatic rings. The Morgan fingerprint density at radius 3 is 1.53 bits per heavy atom. The normalized spacial score (nSPS) is 18.9. The van der Waals surface area contributed by atoms with Crippen molar-refractivity contribution in [2.75, 3.05) is 89.4 Å². The van der Waals surface area contributed by atoms with E-state index < -0.39 is 0 Å². The van der Waals surface area contributed by atoms with Crippen molar-refractivity contribution in [3.8, 4) is 0 Å². The van der Waals surface area contributed by atoms with Crippen molar-refractivity contribution in [2.45, 2.75) is 0 Å². The van der Waals surface area contributed by atoms with Gasteiger partial charge in [0.1, 0.15) is 0 Å². The van der Waals surface area contributed by atoms with Crippen molar-refractivity contribution in [2.24, 2.45) is 0 Å². The summed E-state index contributed by atoms with van der Waals surface area (Å²) < 4.78 is 10.8. The third kappa shape index (κ3) is 4.86. The van der Waals surface area contributed by atoms with Crippen molar-refractivity contribution in [3.05, 3.63) is 58.7 Å². The molecule has 8 nitrogen and oxygen atoms in total. The SMILES string of the molecule is O=C1c2cccc(NCCN3CCOCC3)c2C(=O)c2c(NCCN3CCOCC3)cccc21. The van der Waals surface area contributed by atoms with E-state index in [4.69, 9.17) is 9.47 Å². The second-order valence-corrected chi connectivity index (χ2v) is 8.88. The molecular weight excluding hydrogens is 432 g/mol. The van der Waals surface area contributed by atoms with Crippen LogP contribution in [0.15, 0.2) is 36.4 Å². The molecular formula is C26H32N4O4. The van der Waals surface area contributed by atoms with Crippen LogP contribution in [-0.4, -0.2) is 100 Å². The highest BCUT2D eigenvalue weighted by molar-refractivity contribution is 6.31. The number of hydrogen-bond donors (Lipinski definition) is 2. The molecule has 2 aromatic carbocycles. The molecule has 34 heavy (non-hydrogen) atoms. The number of ketones is 2. The van der Waals surface area contributed by atoms with Gasteiger partial charge in [0.15, 0.2) is 11.6 Å². The lowest BCUT2D eigenvalue weighted by molar-refractivity contribution is 0.0398. The first kappa shape index (κ1) is 23.0. The Kier molecular flexibility index (Phi) is 7.20. The van der Waals surface area contributed by atoms with Gasteiger partial charge in [0.05, 0.1) is 37.6 Å². The summed E-state index contributed by atoms with van der Waals surface area (Å²) in [6, 6.07) is 11.0. The Bertz CT molecular complexity index is 966. The fourth-order valence-electron chi connectivity index (χ4n) is 4.88. The van der Waals surface area contributed by atoms with E-state index in [0.29, 0.717) is 35.3 Å². The van der Waals surface area contributed by atoms with E-state index in [0.717, 1.165) is 77.1 Å². The first-order chi connectivity index (χ1) is 16.7. The van der Waals surface area contributed by atoms with Gasteiger partial charge in [0, 0.05) is 74.9 Å². The van der Waals surface area contributed by atoms with Crippen LogP contribution >= 0.6 is 0 Å². The minimum Gasteiger partial charge on any atom is -0.383 e. The quantitative estimate of drug-likeness (QED) is 0.524. The molecule has 8 heteroatoms. The van der Waals surface area contributed by atoms with Crippen LogP contribution in [0.4, 0.5) is 11.4 Å². The smallest absolute Gasteiger partial charge is 0.198 e. The van der Waals surface area contributed by atoms with Crippen LogP contribution in [0.3, 0.4) is 0 Å². The number of carbonyl (C=O) groups is 2. The summed E-state index contributed by atoms with van der Waals surface area (Å²) in [5.74, 6) is -0.202. The van der Waals surface area contributed by atoms with Crippen LogP contribution in [-0.2, 0) is 9.47 Å². The van der Waals surface area contributed by atoms with Gasteiger partial charge in [-0.2, -0.15) is 0 Å². The Morgan fingerprint density at radius 1 is 0.647 bits per heavy atom. The topological polar surface area (TPSA) is 83.1 Å². The maximum atomic E-state index is 13.7. The summed E-state index contributed by atoms with van der Waals surface area (Å²) in [5, 5.41) is 6.83. The van der Waals surface area contributed by atoms with Crippen molar-refractivity contribution in [3.63, 3.8) is 0 Å². The molecule has 5 rings (SSSR count). The lowest BCUT2D eigenvalue weighted by Crippen LogP contribution is -2.39. The Hall–Kier alpha value is -2.78. The molecule has 0 unspecified atom stereocenters. The Balaban J connectivity index is 1.32. The van der Waals surface area contributed by atoms with Crippen molar-refractivity contribution < 1.29 is 19.1 Å². The van der Waals surface area contributed by atoms with Crippen molar-refractivity contribution in [1.82, 2.24) is 9.80 Å². The number of rotatable bonds is 8. The minimum absolute atomic E-state index is 0.0988. The maximum Gasteiger partial charge on any atom is 0.198 e. The zero-order valence-corrected chi connectivity index (χ0v) is 19.5. The van der Waals surface area contributed by atoms with E-state index >= 15 is 0 Å². The van der Waals surface area contributed by atoms with Gasteiger partial charge in [0.2, 0.25) is 0 Å². The fourth-order valence-corrected chi connectivity index (χ4v) is 4.88. The van der Waals surface area contributed by atoms with E-state index in [1.165, 1.54) is 0 Å². The van der Waals surface area contributed by atoms with Gasteiger partial charge in [-0.3, -0.25) is 19.4 Å². The van der Waals surface area contributed by atoms with Crippen LogP contribution in [0.2, 0.25) is 0 Å². The third-order valence-corrected chi connectivity index (χ3v) is 6.77. The number of anilines is 2. The first-order valence-corrected chi connectivity index (χ1v) is 12.2. The van der Waals surface area contributed by atoms with Crippen molar-refractivity contribution >= 4 is 22.9 Å². The number of hydrogen-bond acceptors (Lipinski definition) is 8. The number of fused-ring (bicyclic) bond motifs is 2. The molecule has 2 aliphatic heterocycles. The first-order valence-electron chi connectivity index (χ1n) is 12.2. The van der Waals surface area contributed by atoms with Gasteiger partial charge in [-0.05, 0) is 12.1 Å². The molecule has 2 fully saturated rings. The van der Waals surface area contributed by atoms with E-state index in [9.17, 15) is 9.59 Å².